The fraction of sp³-hybridized carbons (Fsp3) is 0.667. The second-order valence-electron chi connectivity index (χ2n) is 3.77. The van der Waals surface area contributed by atoms with Crippen molar-refractivity contribution in [1.29, 1.82) is 0 Å². The van der Waals surface area contributed by atoms with Crippen molar-refractivity contribution in [3.05, 3.63) is 24.8 Å². The average Bonchev–Trinajstić information content (AvgIpc) is 2.04. The molecule has 0 heterocycles. The summed E-state index contributed by atoms with van der Waals surface area (Å²) >= 11 is 0. The highest BCUT2D eigenvalue weighted by Gasteiger charge is 2.28. The fourth-order valence-electron chi connectivity index (χ4n) is 1.84. The van der Waals surface area contributed by atoms with Crippen molar-refractivity contribution in [2.45, 2.75) is 40.5 Å². The van der Waals surface area contributed by atoms with Gasteiger partial charge < -0.3 is 0 Å². The van der Waals surface area contributed by atoms with Crippen LogP contribution in [0, 0.1) is 17.9 Å². The second kappa shape index (κ2) is 4.49. The van der Waals surface area contributed by atoms with Crippen LogP contribution < -0.4 is 0 Å². The Morgan fingerprint density at radius 3 is 2.17 bits per heavy atom. The highest BCUT2D eigenvalue weighted by Crippen LogP contribution is 2.38. The van der Waals surface area contributed by atoms with Gasteiger partial charge in [0.25, 0.3) is 0 Å². The van der Waals surface area contributed by atoms with Crippen molar-refractivity contribution >= 4 is 0 Å². The minimum absolute atomic E-state index is 0.174. The molecule has 0 saturated carbocycles. The lowest BCUT2D eigenvalue weighted by Crippen LogP contribution is -2.24. The average molecular weight is 165 g/mol. The van der Waals surface area contributed by atoms with Crippen molar-refractivity contribution in [2.24, 2.45) is 11.3 Å². The lowest BCUT2D eigenvalue weighted by atomic mass is 9.71. The molecular formula is C12H21. The Morgan fingerprint density at radius 1 is 1.58 bits per heavy atom. The molecular weight excluding hydrogens is 144 g/mol. The molecule has 0 amide bonds. The van der Waals surface area contributed by atoms with Crippen LogP contribution in [0.15, 0.2) is 18.2 Å². The Balaban J connectivity index is 4.66. The van der Waals surface area contributed by atoms with Crippen LogP contribution in [-0.4, -0.2) is 0 Å². The molecule has 0 N–H and O–H groups in total. The topological polar surface area (TPSA) is 0 Å². The molecule has 0 aromatic heterocycles. The van der Waals surface area contributed by atoms with E-state index in [1.54, 1.807) is 0 Å². The maximum atomic E-state index is 5.85. The van der Waals surface area contributed by atoms with E-state index in [1.165, 1.54) is 0 Å². The summed E-state index contributed by atoms with van der Waals surface area (Å²) in [4.78, 5) is 0. The summed E-state index contributed by atoms with van der Waals surface area (Å²) in [6.45, 7) is 18.3. The molecule has 0 nitrogen and oxygen atoms in total. The van der Waals surface area contributed by atoms with Crippen molar-refractivity contribution in [2.75, 3.05) is 0 Å². The summed E-state index contributed by atoms with van der Waals surface area (Å²) in [5.41, 5.74) is 1.20. The molecule has 0 fully saturated rings. The molecule has 0 bridgehead atoms. The minimum atomic E-state index is 0.174. The van der Waals surface area contributed by atoms with E-state index in [0.717, 1.165) is 18.4 Å². The summed E-state index contributed by atoms with van der Waals surface area (Å²) in [6.07, 6.45) is 4.24. The molecule has 1 radical (unpaired) electrons. The van der Waals surface area contributed by atoms with Crippen molar-refractivity contribution in [1.82, 2.24) is 0 Å². The SMILES string of the molecule is [CH]=C(C)C(CC)C(C)(C=C)CC. The van der Waals surface area contributed by atoms with Gasteiger partial charge in [0.05, 0.1) is 0 Å². The number of allylic oxidation sites excluding steroid dienone is 2. The predicted octanol–water partition coefficient (Wildman–Crippen LogP) is 3.99. The van der Waals surface area contributed by atoms with Crippen LogP contribution >= 0.6 is 0 Å². The predicted molar refractivity (Wildman–Crippen MR) is 55.9 cm³/mol. The Morgan fingerprint density at radius 2 is 2.08 bits per heavy atom. The van der Waals surface area contributed by atoms with Crippen LogP contribution in [0.4, 0.5) is 0 Å². The third-order valence-electron chi connectivity index (χ3n) is 2.98. The highest BCUT2D eigenvalue weighted by atomic mass is 14.3. The van der Waals surface area contributed by atoms with Gasteiger partial charge in [0, 0.05) is 0 Å². The molecule has 2 unspecified atom stereocenters. The van der Waals surface area contributed by atoms with E-state index in [0.29, 0.717) is 5.92 Å². The first-order valence-corrected chi connectivity index (χ1v) is 4.74. The molecule has 69 valence electrons. The van der Waals surface area contributed by atoms with Crippen LogP contribution in [0.1, 0.15) is 40.5 Å². The van der Waals surface area contributed by atoms with E-state index in [-0.39, 0.29) is 5.41 Å². The van der Waals surface area contributed by atoms with Crippen molar-refractivity contribution in [3.63, 3.8) is 0 Å². The van der Waals surface area contributed by atoms with Gasteiger partial charge in [0.1, 0.15) is 0 Å². The van der Waals surface area contributed by atoms with Gasteiger partial charge in [0.15, 0.2) is 0 Å². The molecule has 0 aliphatic rings. The van der Waals surface area contributed by atoms with Crippen LogP contribution in [0.3, 0.4) is 0 Å². The maximum absolute atomic E-state index is 5.85. The summed E-state index contributed by atoms with van der Waals surface area (Å²) < 4.78 is 0. The van der Waals surface area contributed by atoms with Crippen LogP contribution in [0.5, 0.6) is 0 Å². The van der Waals surface area contributed by atoms with Gasteiger partial charge in [-0.3, -0.25) is 0 Å². The van der Waals surface area contributed by atoms with Crippen molar-refractivity contribution < 1.29 is 0 Å². The van der Waals surface area contributed by atoms with Crippen LogP contribution in [-0.2, 0) is 0 Å². The Kier molecular flexibility index (Phi) is 4.30. The van der Waals surface area contributed by atoms with Gasteiger partial charge in [-0.1, -0.05) is 39.0 Å². The Bertz CT molecular complexity index is 167. The molecule has 0 aliphatic carbocycles. The molecule has 0 aliphatic heterocycles. The monoisotopic (exact) mass is 165 g/mol. The first kappa shape index (κ1) is 11.5. The summed E-state index contributed by atoms with van der Waals surface area (Å²) in [5.74, 6) is 0.472. The smallest absolute Gasteiger partial charge is 0.00865 e. The van der Waals surface area contributed by atoms with Gasteiger partial charge in [-0.2, -0.15) is 0 Å². The Labute approximate surface area is 77.4 Å². The molecule has 0 rings (SSSR count). The van der Waals surface area contributed by atoms with Gasteiger partial charge >= 0.3 is 0 Å². The maximum Gasteiger partial charge on any atom is -0.00865 e. The number of hydrogen-bond acceptors (Lipinski definition) is 0. The minimum Gasteiger partial charge on any atom is -0.103 e. The number of rotatable bonds is 5. The summed E-state index contributed by atoms with van der Waals surface area (Å²) in [7, 11) is 0. The van der Waals surface area contributed by atoms with Gasteiger partial charge in [-0.25, -0.2) is 0 Å². The quantitative estimate of drug-likeness (QED) is 0.540. The zero-order valence-corrected chi connectivity index (χ0v) is 8.85. The molecule has 2 atom stereocenters. The molecule has 0 spiro atoms. The van der Waals surface area contributed by atoms with E-state index in [4.69, 9.17) is 6.58 Å². The second-order valence-corrected chi connectivity index (χ2v) is 3.77. The molecule has 0 heteroatoms. The first-order valence-electron chi connectivity index (χ1n) is 4.74. The van der Waals surface area contributed by atoms with Crippen molar-refractivity contribution in [3.8, 4) is 0 Å². The van der Waals surface area contributed by atoms with E-state index in [9.17, 15) is 0 Å². The Hall–Kier alpha value is -0.520. The molecule has 0 saturated heterocycles. The first-order chi connectivity index (χ1) is 5.51. The van der Waals surface area contributed by atoms with E-state index in [1.807, 2.05) is 13.0 Å². The van der Waals surface area contributed by atoms with Gasteiger partial charge in [0.2, 0.25) is 0 Å². The molecule has 0 aromatic carbocycles. The fourth-order valence-corrected chi connectivity index (χ4v) is 1.84. The normalized spacial score (nSPS) is 18.0. The standard InChI is InChI=1S/C12H21/c1-7-11(10(4)5)12(6,8-2)9-3/h4,8,11H,2,7,9H2,1,3,5-6H3. The zero-order chi connectivity index (χ0) is 9.78. The lowest BCUT2D eigenvalue weighted by Gasteiger charge is -2.34. The zero-order valence-electron chi connectivity index (χ0n) is 8.85. The van der Waals surface area contributed by atoms with E-state index >= 15 is 0 Å². The molecule has 12 heavy (non-hydrogen) atoms. The summed E-state index contributed by atoms with van der Waals surface area (Å²) in [6, 6.07) is 0. The largest absolute Gasteiger partial charge is 0.103 e. The number of hydrogen-bond donors (Lipinski definition) is 0. The highest BCUT2D eigenvalue weighted by molar-refractivity contribution is 5.07. The van der Waals surface area contributed by atoms with Gasteiger partial charge in [-0.05, 0) is 31.1 Å². The van der Waals surface area contributed by atoms with E-state index in [2.05, 4.69) is 27.4 Å². The summed E-state index contributed by atoms with van der Waals surface area (Å²) in [5, 5.41) is 0. The third kappa shape index (κ3) is 2.23. The van der Waals surface area contributed by atoms with Crippen LogP contribution in [0.2, 0.25) is 0 Å². The third-order valence-corrected chi connectivity index (χ3v) is 2.98. The lowest BCUT2D eigenvalue weighted by molar-refractivity contribution is 0.276. The van der Waals surface area contributed by atoms with E-state index < -0.39 is 0 Å². The molecule has 0 aromatic rings. The van der Waals surface area contributed by atoms with Crippen LogP contribution in [0.25, 0.3) is 0 Å². The van der Waals surface area contributed by atoms with Gasteiger partial charge in [-0.15, -0.1) is 6.58 Å².